The van der Waals surface area contributed by atoms with Crippen LogP contribution in [0, 0.1) is 11.7 Å². The van der Waals surface area contributed by atoms with Crippen LogP contribution in [0.25, 0.3) is 0 Å². The van der Waals surface area contributed by atoms with Crippen LogP contribution in [0.3, 0.4) is 0 Å². The average molecular weight is 525 g/mol. The van der Waals surface area contributed by atoms with Gasteiger partial charge in [-0.25, -0.2) is 4.39 Å². The second-order valence-electron chi connectivity index (χ2n) is 11.2. The average Bonchev–Trinajstić information content (AvgIpc) is 3.60. The summed E-state index contributed by atoms with van der Waals surface area (Å²) < 4.78 is 15.4. The standard InChI is InChI=1S/C29H41FN6O2/c1-20(31-2)28(37)33-27(22-7-4-3-5-8-22)29(38)35-18-24-9-6-16-34(24)19-26(35)25-14-15-32-36(25)17-21-10-12-23(30)13-11-21/h10-15,20,22,24,26-27,31H,3-9,16-19H2,1-2H3,(H,33,37). The van der Waals surface area contributed by atoms with Gasteiger partial charge >= 0.3 is 0 Å². The number of piperazine rings is 1. The number of fused-ring (bicyclic) bond motifs is 1. The van der Waals surface area contributed by atoms with Gasteiger partial charge in [0.05, 0.1) is 24.3 Å². The van der Waals surface area contributed by atoms with E-state index in [-0.39, 0.29) is 35.6 Å². The van der Waals surface area contributed by atoms with E-state index in [0.29, 0.717) is 19.1 Å². The Bertz CT molecular complexity index is 1100. The molecule has 2 aliphatic heterocycles. The highest BCUT2D eigenvalue weighted by molar-refractivity contribution is 5.90. The number of carbonyl (C=O) groups excluding carboxylic acids is 2. The molecule has 38 heavy (non-hydrogen) atoms. The van der Waals surface area contributed by atoms with Crippen molar-refractivity contribution in [1.82, 2.24) is 30.2 Å². The molecule has 4 unspecified atom stereocenters. The van der Waals surface area contributed by atoms with Crippen molar-refractivity contribution in [2.75, 3.05) is 26.7 Å². The summed E-state index contributed by atoms with van der Waals surface area (Å²) >= 11 is 0. The van der Waals surface area contributed by atoms with Gasteiger partial charge in [0.15, 0.2) is 0 Å². The van der Waals surface area contributed by atoms with E-state index >= 15 is 0 Å². The van der Waals surface area contributed by atoms with Crippen LogP contribution in [-0.2, 0) is 16.1 Å². The molecule has 2 N–H and O–H groups in total. The smallest absolute Gasteiger partial charge is 0.246 e. The van der Waals surface area contributed by atoms with Crippen molar-refractivity contribution < 1.29 is 14.0 Å². The Balaban J connectivity index is 1.44. The Morgan fingerprint density at radius 2 is 1.82 bits per heavy atom. The van der Waals surface area contributed by atoms with Crippen LogP contribution in [-0.4, -0.2) is 76.2 Å². The van der Waals surface area contributed by atoms with Crippen LogP contribution in [0.2, 0.25) is 0 Å². The number of rotatable bonds is 8. The molecular weight excluding hydrogens is 483 g/mol. The van der Waals surface area contributed by atoms with Gasteiger partial charge in [-0.1, -0.05) is 31.4 Å². The van der Waals surface area contributed by atoms with Gasteiger partial charge in [-0.3, -0.25) is 19.2 Å². The topological polar surface area (TPSA) is 82.5 Å². The number of nitrogens with one attached hydrogen (secondary N) is 2. The van der Waals surface area contributed by atoms with Gasteiger partial charge in [-0.15, -0.1) is 0 Å². The van der Waals surface area contributed by atoms with Gasteiger partial charge < -0.3 is 15.5 Å². The number of carbonyl (C=O) groups is 2. The van der Waals surface area contributed by atoms with E-state index in [1.165, 1.54) is 18.6 Å². The summed E-state index contributed by atoms with van der Waals surface area (Å²) in [6, 6.07) is 7.78. The number of aromatic nitrogens is 2. The minimum Gasteiger partial charge on any atom is -0.343 e. The quantitative estimate of drug-likeness (QED) is 0.555. The number of nitrogens with zero attached hydrogens (tertiary/aromatic N) is 4. The van der Waals surface area contributed by atoms with Crippen molar-refractivity contribution in [3.8, 4) is 0 Å². The third-order valence-corrected chi connectivity index (χ3v) is 8.82. The minimum atomic E-state index is -0.525. The molecule has 8 nitrogen and oxygen atoms in total. The third kappa shape index (κ3) is 5.78. The maximum Gasteiger partial charge on any atom is 0.246 e. The highest BCUT2D eigenvalue weighted by Gasteiger charge is 2.44. The first-order valence-electron chi connectivity index (χ1n) is 14.2. The zero-order chi connectivity index (χ0) is 26.6. The Morgan fingerprint density at radius 1 is 1.05 bits per heavy atom. The maximum atomic E-state index is 14.4. The zero-order valence-electron chi connectivity index (χ0n) is 22.6. The van der Waals surface area contributed by atoms with Crippen LogP contribution in [0.15, 0.2) is 36.5 Å². The summed E-state index contributed by atoms with van der Waals surface area (Å²) in [4.78, 5) is 32.0. The number of amides is 2. The Morgan fingerprint density at radius 3 is 2.55 bits per heavy atom. The van der Waals surface area contributed by atoms with Gasteiger partial charge in [0.2, 0.25) is 11.8 Å². The first kappa shape index (κ1) is 26.8. The second kappa shape index (κ2) is 11.9. The lowest BCUT2D eigenvalue weighted by atomic mass is 9.82. The van der Waals surface area contributed by atoms with E-state index in [9.17, 15) is 14.0 Å². The third-order valence-electron chi connectivity index (χ3n) is 8.82. The van der Waals surface area contributed by atoms with E-state index in [1.807, 2.05) is 22.6 Å². The predicted molar refractivity (Wildman–Crippen MR) is 144 cm³/mol. The van der Waals surface area contributed by atoms with E-state index in [1.54, 1.807) is 25.4 Å². The molecule has 2 amide bonds. The number of benzene rings is 1. The highest BCUT2D eigenvalue weighted by Crippen LogP contribution is 2.35. The first-order valence-corrected chi connectivity index (χ1v) is 14.2. The summed E-state index contributed by atoms with van der Waals surface area (Å²) in [5.41, 5.74) is 1.93. The van der Waals surface area contributed by atoms with Gasteiger partial charge in [0, 0.05) is 25.3 Å². The fraction of sp³-hybridized carbons (Fsp3) is 0.621. The summed E-state index contributed by atoms with van der Waals surface area (Å²) in [6.07, 6.45) is 9.30. The van der Waals surface area contributed by atoms with Gasteiger partial charge in [-0.2, -0.15) is 5.10 Å². The van der Waals surface area contributed by atoms with E-state index in [0.717, 1.165) is 62.9 Å². The van der Waals surface area contributed by atoms with Crippen LogP contribution in [0.1, 0.15) is 69.2 Å². The molecule has 3 fully saturated rings. The van der Waals surface area contributed by atoms with Crippen molar-refractivity contribution in [2.24, 2.45) is 5.92 Å². The van der Waals surface area contributed by atoms with Crippen molar-refractivity contribution in [3.63, 3.8) is 0 Å². The molecule has 1 aliphatic carbocycles. The number of hydrogen-bond acceptors (Lipinski definition) is 5. The van der Waals surface area contributed by atoms with E-state index < -0.39 is 6.04 Å². The first-order chi connectivity index (χ1) is 18.4. The van der Waals surface area contributed by atoms with E-state index in [4.69, 9.17) is 0 Å². The molecule has 1 aromatic carbocycles. The van der Waals surface area contributed by atoms with Crippen molar-refractivity contribution in [2.45, 2.75) is 82.6 Å². The van der Waals surface area contributed by atoms with Crippen molar-refractivity contribution >= 4 is 11.8 Å². The lowest BCUT2D eigenvalue weighted by molar-refractivity contribution is -0.144. The number of likely N-dealkylation sites (N-methyl/N-ethyl adjacent to an activating group) is 1. The molecule has 1 saturated carbocycles. The number of hydrogen-bond donors (Lipinski definition) is 2. The normalized spacial score (nSPS) is 24.1. The summed E-state index contributed by atoms with van der Waals surface area (Å²) in [5, 5.41) is 10.8. The lowest BCUT2D eigenvalue weighted by Crippen LogP contribution is -2.61. The SMILES string of the molecule is CNC(C)C(=O)NC(C(=O)N1CC2CCCN2CC1c1ccnn1Cc1ccc(F)cc1)C1CCCCC1. The predicted octanol–water partition coefficient (Wildman–Crippen LogP) is 3.09. The fourth-order valence-corrected chi connectivity index (χ4v) is 6.47. The summed E-state index contributed by atoms with van der Waals surface area (Å²) in [5.74, 6) is -0.217. The zero-order valence-corrected chi connectivity index (χ0v) is 22.6. The van der Waals surface area contributed by atoms with Gasteiger partial charge in [0.1, 0.15) is 11.9 Å². The Kier molecular flexibility index (Phi) is 8.43. The minimum absolute atomic E-state index is 0.0274. The largest absolute Gasteiger partial charge is 0.343 e. The van der Waals surface area contributed by atoms with Crippen molar-refractivity contribution in [3.05, 3.63) is 53.6 Å². The maximum absolute atomic E-state index is 14.4. The van der Waals surface area contributed by atoms with Crippen LogP contribution < -0.4 is 10.6 Å². The molecule has 3 heterocycles. The molecule has 4 atom stereocenters. The lowest BCUT2D eigenvalue weighted by Gasteiger charge is -2.46. The molecule has 3 aliphatic rings. The molecular formula is C29H41FN6O2. The molecule has 0 bridgehead atoms. The molecule has 206 valence electrons. The van der Waals surface area contributed by atoms with E-state index in [2.05, 4.69) is 20.6 Å². The van der Waals surface area contributed by atoms with Crippen LogP contribution >= 0.6 is 0 Å². The molecule has 0 spiro atoms. The molecule has 5 rings (SSSR count). The Labute approximate surface area is 224 Å². The van der Waals surface area contributed by atoms with Gasteiger partial charge in [0.25, 0.3) is 0 Å². The molecule has 2 aromatic rings. The molecule has 9 heteroatoms. The fourth-order valence-electron chi connectivity index (χ4n) is 6.47. The van der Waals surface area contributed by atoms with Crippen LogP contribution in [0.5, 0.6) is 0 Å². The number of halogens is 1. The molecule has 2 saturated heterocycles. The van der Waals surface area contributed by atoms with Crippen molar-refractivity contribution in [1.29, 1.82) is 0 Å². The Hall–Kier alpha value is -2.78. The molecule has 0 radical (unpaired) electrons. The summed E-state index contributed by atoms with van der Waals surface area (Å²) in [7, 11) is 1.76. The molecule has 1 aromatic heterocycles. The highest BCUT2D eigenvalue weighted by atomic mass is 19.1. The second-order valence-corrected chi connectivity index (χ2v) is 11.2. The monoisotopic (exact) mass is 524 g/mol. The van der Waals surface area contributed by atoms with Crippen LogP contribution in [0.4, 0.5) is 4.39 Å². The van der Waals surface area contributed by atoms with Gasteiger partial charge in [-0.05, 0) is 75.9 Å². The summed E-state index contributed by atoms with van der Waals surface area (Å²) in [6.45, 7) is 4.78.